The van der Waals surface area contributed by atoms with E-state index in [1.54, 1.807) is 14.2 Å². The van der Waals surface area contributed by atoms with Crippen molar-refractivity contribution in [3.63, 3.8) is 0 Å². The molecule has 0 saturated carbocycles. The topological polar surface area (TPSA) is 78.4 Å². The molecule has 0 aromatic heterocycles. The molecule has 1 aliphatic rings. The molecule has 248 valence electrons. The first-order valence-corrected chi connectivity index (χ1v) is 17.2. The molecule has 1 unspecified atom stereocenters. The Morgan fingerprint density at radius 2 is 1.42 bits per heavy atom. The number of aliphatic imine (C=N–C) groups is 1. The zero-order valence-corrected chi connectivity index (χ0v) is 28.4. The minimum Gasteiger partial charge on any atom is -0.497 e. The molecule has 1 N–H and O–H groups in total. The summed E-state index contributed by atoms with van der Waals surface area (Å²) in [6.07, 6.45) is 18.0. The van der Waals surface area contributed by atoms with Crippen molar-refractivity contribution < 1.29 is 23.7 Å². The smallest absolute Gasteiger partial charge is 0.338 e. The molecule has 1 aliphatic heterocycles. The third-order valence-corrected chi connectivity index (χ3v) is 8.45. The van der Waals surface area contributed by atoms with Gasteiger partial charge in [-0.2, -0.15) is 0 Å². The highest BCUT2D eigenvalue weighted by Gasteiger charge is 2.34. The fourth-order valence-electron chi connectivity index (χ4n) is 5.91. The Labute approximate surface area is 271 Å². The fraction of sp³-hybridized carbons (Fsp3) is 0.579. The molecule has 1 heterocycles. The number of allylic oxidation sites excluding steroid dienone is 1. The summed E-state index contributed by atoms with van der Waals surface area (Å²) in [6.45, 7) is 6.56. The number of carbonyl (C=O) groups excluding carboxylic acids is 1. The molecule has 7 heteroatoms. The van der Waals surface area contributed by atoms with Crippen molar-refractivity contribution in [2.24, 2.45) is 4.99 Å². The highest BCUT2D eigenvalue weighted by molar-refractivity contribution is 5.94. The number of aryl methyl sites for hydroxylation is 1. The number of nitrogens with one attached hydrogen (secondary N) is 1. The lowest BCUT2D eigenvalue weighted by molar-refractivity contribution is -0.139. The first-order valence-electron chi connectivity index (χ1n) is 17.2. The molecule has 2 aromatic carbocycles. The van der Waals surface area contributed by atoms with E-state index >= 15 is 0 Å². The number of carbonyl (C=O) groups is 1. The molecule has 7 nitrogen and oxygen atoms in total. The van der Waals surface area contributed by atoms with Gasteiger partial charge < -0.3 is 24.3 Å². The average Bonchev–Trinajstić information content (AvgIpc) is 3.05. The Balaban J connectivity index is 1.65. The van der Waals surface area contributed by atoms with E-state index in [1.807, 2.05) is 50.2 Å². The van der Waals surface area contributed by atoms with Crippen molar-refractivity contribution in [1.29, 1.82) is 0 Å². The summed E-state index contributed by atoms with van der Waals surface area (Å²) in [6, 6.07) is 13.6. The first kappa shape index (κ1) is 36.0. The van der Waals surface area contributed by atoms with Crippen LogP contribution in [0, 0.1) is 0 Å². The van der Waals surface area contributed by atoms with E-state index in [1.165, 1.54) is 77.0 Å². The summed E-state index contributed by atoms with van der Waals surface area (Å²) in [4.78, 5) is 18.2. The van der Waals surface area contributed by atoms with Crippen molar-refractivity contribution in [1.82, 2.24) is 5.32 Å². The maximum absolute atomic E-state index is 13.3. The van der Waals surface area contributed by atoms with E-state index in [2.05, 4.69) is 18.3 Å². The third kappa shape index (κ3) is 11.8. The maximum atomic E-state index is 13.3. The number of ether oxygens (including phenoxy) is 4. The van der Waals surface area contributed by atoms with Gasteiger partial charge in [-0.3, -0.25) is 0 Å². The van der Waals surface area contributed by atoms with Gasteiger partial charge in [-0.05, 0) is 56.0 Å². The van der Waals surface area contributed by atoms with Crippen LogP contribution < -0.4 is 14.8 Å². The maximum Gasteiger partial charge on any atom is 0.338 e. The molecule has 3 rings (SSSR count). The lowest BCUT2D eigenvalue weighted by Gasteiger charge is -2.28. The zero-order chi connectivity index (χ0) is 32.3. The molecule has 45 heavy (non-hydrogen) atoms. The molecule has 0 saturated heterocycles. The normalized spacial score (nSPS) is 14.5. The van der Waals surface area contributed by atoms with E-state index in [9.17, 15) is 4.79 Å². The standard InChI is InChI=1S/C38H56N2O5/c1-6-8-9-10-11-12-13-14-15-16-17-18-19-21-31-22-20-23-33(43-5)35(31)36-34(37(41)44-7-2)29(3)39-38(40-36)45-28-30-24-26-32(42-4)27-25-30/h20,22-27,36H,6-19,21,28H2,1-5H3,(H,39,40). The number of rotatable bonds is 21. The van der Waals surface area contributed by atoms with Crippen LogP contribution in [0.1, 0.15) is 127 Å². The Morgan fingerprint density at radius 1 is 0.800 bits per heavy atom. The quantitative estimate of drug-likeness (QED) is 0.111. The van der Waals surface area contributed by atoms with Crippen LogP contribution in [0.5, 0.6) is 11.5 Å². The monoisotopic (exact) mass is 620 g/mol. The summed E-state index contributed by atoms with van der Waals surface area (Å²) in [7, 11) is 3.31. The highest BCUT2D eigenvalue weighted by atomic mass is 16.5. The van der Waals surface area contributed by atoms with E-state index in [4.69, 9.17) is 23.9 Å². The van der Waals surface area contributed by atoms with Crippen molar-refractivity contribution in [3.8, 4) is 11.5 Å². The fourth-order valence-corrected chi connectivity index (χ4v) is 5.91. The average molecular weight is 621 g/mol. The van der Waals surface area contributed by atoms with Crippen LogP contribution >= 0.6 is 0 Å². The number of hydrogen-bond donors (Lipinski definition) is 1. The van der Waals surface area contributed by atoms with Gasteiger partial charge in [-0.25, -0.2) is 9.79 Å². The van der Waals surface area contributed by atoms with E-state index in [0.717, 1.165) is 35.3 Å². The SMILES string of the molecule is CCCCCCCCCCCCCCCc1cccc(OC)c1C1N=C(OCc2ccc(OC)cc2)NC(C)=C1C(=O)OCC. The van der Waals surface area contributed by atoms with Gasteiger partial charge in [0.25, 0.3) is 6.02 Å². The predicted molar refractivity (Wildman–Crippen MR) is 183 cm³/mol. The number of nitrogens with zero attached hydrogens (tertiary/aromatic N) is 1. The Morgan fingerprint density at radius 3 is 2.00 bits per heavy atom. The number of unbranched alkanes of at least 4 members (excludes halogenated alkanes) is 12. The van der Waals surface area contributed by atoms with Crippen LogP contribution in [0.4, 0.5) is 0 Å². The van der Waals surface area contributed by atoms with Gasteiger partial charge in [0.1, 0.15) is 24.1 Å². The van der Waals surface area contributed by atoms with Crippen molar-refractivity contribution in [2.75, 3.05) is 20.8 Å². The molecule has 1 atom stereocenters. The summed E-state index contributed by atoms with van der Waals surface area (Å²) >= 11 is 0. The summed E-state index contributed by atoms with van der Waals surface area (Å²) in [5.74, 6) is 1.11. The molecule has 0 amide bonds. The number of amidine groups is 1. The zero-order valence-electron chi connectivity index (χ0n) is 28.4. The van der Waals surface area contributed by atoms with Gasteiger partial charge in [0.05, 0.1) is 26.4 Å². The minimum absolute atomic E-state index is 0.282. The Hall–Kier alpha value is -3.48. The van der Waals surface area contributed by atoms with Crippen molar-refractivity contribution in [3.05, 3.63) is 70.4 Å². The van der Waals surface area contributed by atoms with Crippen molar-refractivity contribution in [2.45, 2.75) is 123 Å². The summed E-state index contributed by atoms with van der Waals surface area (Å²) in [5.41, 5.74) is 4.15. The van der Waals surface area contributed by atoms with Crippen molar-refractivity contribution >= 4 is 12.0 Å². The second-order valence-corrected chi connectivity index (χ2v) is 11.9. The summed E-state index contributed by atoms with van der Waals surface area (Å²) in [5, 5.41) is 3.19. The van der Waals surface area contributed by atoms with Crippen LogP contribution in [0.15, 0.2) is 58.7 Å². The third-order valence-electron chi connectivity index (χ3n) is 8.45. The number of benzene rings is 2. The molecule has 0 aliphatic carbocycles. The molecule has 2 aromatic rings. The van der Waals surface area contributed by atoms with Gasteiger partial charge in [-0.15, -0.1) is 0 Å². The Kier molecular flexibility index (Phi) is 16.4. The Bertz CT molecular complexity index is 1220. The molecule has 0 bridgehead atoms. The van der Waals surface area contributed by atoms with Gasteiger partial charge in [0, 0.05) is 11.3 Å². The molecule has 0 radical (unpaired) electrons. The van der Waals surface area contributed by atoms with Gasteiger partial charge >= 0.3 is 5.97 Å². The van der Waals surface area contributed by atoms with E-state index in [-0.39, 0.29) is 12.6 Å². The lowest BCUT2D eigenvalue weighted by atomic mass is 9.89. The molecule has 0 fully saturated rings. The van der Waals surface area contributed by atoms with E-state index in [0.29, 0.717) is 29.6 Å². The van der Waals surface area contributed by atoms with Crippen LogP contribution in [0.3, 0.4) is 0 Å². The van der Waals surface area contributed by atoms with Crippen LogP contribution in [-0.4, -0.2) is 32.8 Å². The second kappa shape index (κ2) is 20.5. The van der Waals surface area contributed by atoms with Gasteiger partial charge in [0.2, 0.25) is 0 Å². The predicted octanol–water partition coefficient (Wildman–Crippen LogP) is 9.39. The van der Waals surface area contributed by atoms with Crippen LogP contribution in [-0.2, 0) is 27.3 Å². The van der Waals surface area contributed by atoms with E-state index < -0.39 is 6.04 Å². The number of hydrogen-bond acceptors (Lipinski definition) is 7. The molecular formula is C38H56N2O5. The number of methoxy groups -OCH3 is 2. The van der Waals surface area contributed by atoms with Crippen LogP contribution in [0.25, 0.3) is 0 Å². The second-order valence-electron chi connectivity index (χ2n) is 11.9. The van der Waals surface area contributed by atoms with Gasteiger partial charge in [0.15, 0.2) is 0 Å². The van der Waals surface area contributed by atoms with Gasteiger partial charge in [-0.1, -0.05) is 108 Å². The first-order chi connectivity index (χ1) is 22.0. The molecule has 0 spiro atoms. The summed E-state index contributed by atoms with van der Waals surface area (Å²) < 4.78 is 22.7. The largest absolute Gasteiger partial charge is 0.497 e. The highest BCUT2D eigenvalue weighted by Crippen LogP contribution is 2.39. The lowest BCUT2D eigenvalue weighted by Crippen LogP contribution is -2.34. The molecular weight excluding hydrogens is 564 g/mol. The van der Waals surface area contributed by atoms with Crippen LogP contribution in [0.2, 0.25) is 0 Å². The number of esters is 1. The minimum atomic E-state index is -0.607.